The van der Waals surface area contributed by atoms with Crippen molar-refractivity contribution in [2.24, 2.45) is 0 Å². The first-order valence-corrected chi connectivity index (χ1v) is 10.3. The third kappa shape index (κ3) is 3.77. The molecule has 5 aromatic rings. The number of rotatable bonds is 5. The second-order valence-electron chi connectivity index (χ2n) is 6.88. The number of hydrogen-bond donors (Lipinski definition) is 1. The van der Waals surface area contributed by atoms with Gasteiger partial charge in [0, 0.05) is 24.7 Å². The second-order valence-corrected chi connectivity index (χ2v) is 8.10. The summed E-state index contributed by atoms with van der Waals surface area (Å²) in [5, 5.41) is 11.3. The van der Waals surface area contributed by atoms with Gasteiger partial charge in [-0.3, -0.25) is 4.79 Å². The van der Waals surface area contributed by atoms with Crippen molar-refractivity contribution in [1.29, 1.82) is 0 Å². The Morgan fingerprint density at radius 1 is 1.09 bits per heavy atom. The molecule has 5 heterocycles. The van der Waals surface area contributed by atoms with Crippen molar-refractivity contribution in [3.05, 3.63) is 81.2 Å². The number of fused-ring (bicyclic) bond motifs is 2. The van der Waals surface area contributed by atoms with Gasteiger partial charge >= 0.3 is 0 Å². The van der Waals surface area contributed by atoms with Crippen molar-refractivity contribution in [3.8, 4) is 0 Å². The Hall–Kier alpha value is -3.21. The van der Waals surface area contributed by atoms with Crippen molar-refractivity contribution >= 4 is 51.9 Å². The molecule has 162 valence electrons. The smallest absolute Gasteiger partial charge is 0.273 e. The Kier molecular flexibility index (Phi) is 5.20. The molecule has 13 heteroatoms. The molecule has 1 N–H and O–H groups in total. The predicted molar refractivity (Wildman–Crippen MR) is 116 cm³/mol. The first-order chi connectivity index (χ1) is 15.4. The fourth-order valence-corrected chi connectivity index (χ4v) is 3.68. The number of imidazole rings is 2. The van der Waals surface area contributed by atoms with Crippen LogP contribution in [0.4, 0.5) is 4.39 Å². The topological polar surface area (TPSA) is 94.4 Å². The number of halogens is 4. The minimum absolute atomic E-state index is 0.00654. The predicted octanol–water partition coefficient (Wildman–Crippen LogP) is 3.65. The first-order valence-electron chi connectivity index (χ1n) is 9.19. The number of carbonyl (C=O) groups excluding carboxylic acids is 1. The highest BCUT2D eigenvalue weighted by Gasteiger charge is 2.16. The maximum absolute atomic E-state index is 14.3. The van der Waals surface area contributed by atoms with Crippen LogP contribution in [0.15, 0.2) is 43.2 Å². The van der Waals surface area contributed by atoms with Crippen molar-refractivity contribution in [2.75, 3.05) is 0 Å². The van der Waals surface area contributed by atoms with Gasteiger partial charge in [-0.25, -0.2) is 19.0 Å². The van der Waals surface area contributed by atoms with Gasteiger partial charge in [-0.15, -0.1) is 5.10 Å². The van der Waals surface area contributed by atoms with E-state index in [0.29, 0.717) is 27.1 Å². The zero-order valence-electron chi connectivity index (χ0n) is 16.0. The Labute approximate surface area is 194 Å². The molecule has 32 heavy (non-hydrogen) atoms. The highest BCUT2D eigenvalue weighted by Crippen LogP contribution is 2.23. The lowest BCUT2D eigenvalue weighted by Gasteiger charge is -2.03. The van der Waals surface area contributed by atoms with Gasteiger partial charge in [0.1, 0.15) is 11.2 Å². The average Bonchev–Trinajstić information content (AvgIpc) is 3.48. The van der Waals surface area contributed by atoms with E-state index >= 15 is 0 Å². The molecule has 5 rings (SSSR count). The second kappa shape index (κ2) is 8.05. The van der Waals surface area contributed by atoms with E-state index in [9.17, 15) is 9.18 Å². The maximum atomic E-state index is 14.3. The first kappa shape index (κ1) is 20.7. The van der Waals surface area contributed by atoms with E-state index in [0.717, 1.165) is 0 Å². The summed E-state index contributed by atoms with van der Waals surface area (Å²) in [6, 6.07) is 3.09. The van der Waals surface area contributed by atoms with Crippen LogP contribution in [-0.2, 0) is 13.1 Å². The summed E-state index contributed by atoms with van der Waals surface area (Å²) in [6.07, 6.45) is 7.96. The summed E-state index contributed by atoms with van der Waals surface area (Å²) in [6.45, 7) is 0.278. The van der Waals surface area contributed by atoms with Gasteiger partial charge in [-0.2, -0.15) is 0 Å². The van der Waals surface area contributed by atoms with Crippen molar-refractivity contribution in [1.82, 2.24) is 39.1 Å². The summed E-state index contributed by atoms with van der Waals surface area (Å²) in [7, 11) is 0. The molecule has 9 nitrogen and oxygen atoms in total. The molecule has 5 aromatic heterocycles. The largest absolute Gasteiger partial charge is 0.345 e. The summed E-state index contributed by atoms with van der Waals surface area (Å²) in [5.41, 5.74) is 1.95. The summed E-state index contributed by atoms with van der Waals surface area (Å²) in [5.74, 6) is -1.08. The van der Waals surface area contributed by atoms with Crippen LogP contribution in [0.25, 0.3) is 11.2 Å². The average molecular weight is 494 g/mol. The quantitative estimate of drug-likeness (QED) is 0.403. The fourth-order valence-electron chi connectivity index (χ4n) is 3.23. The van der Waals surface area contributed by atoms with Crippen molar-refractivity contribution in [3.63, 3.8) is 0 Å². The Morgan fingerprint density at radius 2 is 1.94 bits per heavy atom. The Balaban J connectivity index is 1.29. The highest BCUT2D eigenvalue weighted by molar-refractivity contribution is 6.42. The third-order valence-electron chi connectivity index (χ3n) is 4.73. The van der Waals surface area contributed by atoms with Gasteiger partial charge in [0.25, 0.3) is 5.91 Å². The van der Waals surface area contributed by atoms with E-state index in [2.05, 4.69) is 25.6 Å². The van der Waals surface area contributed by atoms with E-state index in [1.807, 2.05) is 0 Å². The molecule has 0 bridgehead atoms. The molecule has 0 spiro atoms. The molecule has 0 radical (unpaired) electrons. The molecule has 0 saturated heterocycles. The van der Waals surface area contributed by atoms with Crippen molar-refractivity contribution in [2.45, 2.75) is 13.1 Å². The molecular weight excluding hydrogens is 482 g/mol. The fraction of sp³-hybridized carbons (Fsp3) is 0.105. The number of pyridine rings is 2. The molecule has 0 aliphatic heterocycles. The maximum Gasteiger partial charge on any atom is 0.273 e. The number of nitrogens with zero attached hydrogens (tertiary/aromatic N) is 7. The normalized spacial score (nSPS) is 11.5. The van der Waals surface area contributed by atoms with E-state index < -0.39 is 11.7 Å². The third-order valence-corrected chi connectivity index (χ3v) is 5.73. The minimum atomic E-state index is -0.600. The Morgan fingerprint density at radius 3 is 2.78 bits per heavy atom. The summed E-state index contributed by atoms with van der Waals surface area (Å²) < 4.78 is 19.0. The van der Waals surface area contributed by atoms with Crippen LogP contribution in [0.2, 0.25) is 15.1 Å². The lowest BCUT2D eigenvalue weighted by molar-refractivity contribution is 0.0945. The van der Waals surface area contributed by atoms with E-state index in [-0.39, 0.29) is 29.3 Å². The van der Waals surface area contributed by atoms with Gasteiger partial charge in [0.15, 0.2) is 11.5 Å². The number of amides is 1. The molecule has 0 aliphatic carbocycles. The van der Waals surface area contributed by atoms with Gasteiger partial charge in [0.2, 0.25) is 0 Å². The Bertz CT molecular complexity index is 1450. The molecule has 0 saturated carbocycles. The van der Waals surface area contributed by atoms with Gasteiger partial charge in [-0.05, 0) is 6.07 Å². The molecule has 0 aromatic carbocycles. The van der Waals surface area contributed by atoms with Crippen LogP contribution >= 0.6 is 34.8 Å². The van der Waals surface area contributed by atoms with Crippen LogP contribution in [0.3, 0.4) is 0 Å². The SMILES string of the molecule is O=C(NCc1ncn2ccc(Cl)c(F)c12)c1cn(Cc2cn3cc(Cl)c(Cl)cc3n2)nn1. The van der Waals surface area contributed by atoms with E-state index in [1.165, 1.54) is 27.7 Å². The van der Waals surface area contributed by atoms with E-state index in [1.54, 1.807) is 29.1 Å². The minimum Gasteiger partial charge on any atom is -0.345 e. The van der Waals surface area contributed by atoms with Gasteiger partial charge < -0.3 is 14.1 Å². The highest BCUT2D eigenvalue weighted by atomic mass is 35.5. The van der Waals surface area contributed by atoms with E-state index in [4.69, 9.17) is 34.8 Å². The molecule has 0 atom stereocenters. The monoisotopic (exact) mass is 492 g/mol. The standard InChI is InChI=1S/C19H12Cl3FN8O/c20-11-1-2-29-9-25-14(18(29)17(11)23)4-24-19(32)15-8-31(28-27-15)6-10-5-30-7-13(22)12(21)3-16(30)26-10/h1-3,5,7-9H,4,6H2,(H,24,32). The molecular formula is C19H12Cl3FN8O. The zero-order valence-corrected chi connectivity index (χ0v) is 18.3. The van der Waals surface area contributed by atoms with Gasteiger partial charge in [0.05, 0.1) is 52.1 Å². The van der Waals surface area contributed by atoms with Crippen LogP contribution < -0.4 is 5.32 Å². The van der Waals surface area contributed by atoms with Crippen LogP contribution in [0, 0.1) is 5.82 Å². The molecule has 0 unspecified atom stereocenters. The number of aromatic nitrogens is 7. The molecule has 0 aliphatic rings. The summed E-state index contributed by atoms with van der Waals surface area (Å²) in [4.78, 5) is 21.1. The number of carbonyl (C=O) groups is 1. The van der Waals surface area contributed by atoms with Crippen LogP contribution in [-0.4, -0.2) is 39.7 Å². The lowest BCUT2D eigenvalue weighted by Crippen LogP contribution is -2.23. The van der Waals surface area contributed by atoms with Crippen LogP contribution in [0.5, 0.6) is 0 Å². The number of nitrogens with one attached hydrogen (secondary N) is 1. The van der Waals surface area contributed by atoms with Crippen molar-refractivity contribution < 1.29 is 9.18 Å². The van der Waals surface area contributed by atoms with Crippen LogP contribution in [0.1, 0.15) is 21.9 Å². The molecule has 1 amide bonds. The van der Waals surface area contributed by atoms with Gasteiger partial charge in [-0.1, -0.05) is 40.0 Å². The molecule has 0 fully saturated rings. The zero-order chi connectivity index (χ0) is 22.4. The number of hydrogen-bond acceptors (Lipinski definition) is 5. The lowest BCUT2D eigenvalue weighted by atomic mass is 10.3. The summed E-state index contributed by atoms with van der Waals surface area (Å²) >= 11 is 17.9.